The predicted molar refractivity (Wildman–Crippen MR) is 146 cm³/mol. The number of carboxylic acids is 1. The van der Waals surface area contributed by atoms with Crippen LogP contribution >= 0.6 is 0 Å². The van der Waals surface area contributed by atoms with Crippen LogP contribution in [-0.4, -0.2) is 21.4 Å². The van der Waals surface area contributed by atoms with Gasteiger partial charge in [-0.3, -0.25) is 4.79 Å². The maximum absolute atomic E-state index is 12.7. The average Bonchev–Trinajstić information content (AvgIpc) is 3.30. The Kier molecular flexibility index (Phi) is 6.39. The molecule has 0 unspecified atom stereocenters. The van der Waals surface area contributed by atoms with Crippen LogP contribution < -0.4 is 15.2 Å². The van der Waals surface area contributed by atoms with Crippen LogP contribution in [0.15, 0.2) is 103 Å². The number of nitrogens with zero attached hydrogens (tertiary/aromatic N) is 2. The highest BCUT2D eigenvalue weighted by molar-refractivity contribution is 5.97. The number of hydrogen-bond donors (Lipinski definition) is 1. The lowest BCUT2D eigenvalue weighted by atomic mass is 9.93. The first kappa shape index (κ1) is 24.2. The number of carboxylic acid groups (broad SMARTS) is 1. The van der Waals surface area contributed by atoms with Crippen molar-refractivity contribution in [2.24, 2.45) is 0 Å². The van der Waals surface area contributed by atoms with Gasteiger partial charge in [0.2, 0.25) is 0 Å². The van der Waals surface area contributed by atoms with Gasteiger partial charge in [0.25, 0.3) is 5.91 Å². The number of allylic oxidation sites excluding steroid dienone is 1. The van der Waals surface area contributed by atoms with E-state index in [4.69, 9.17) is 4.74 Å². The van der Waals surface area contributed by atoms with E-state index >= 15 is 0 Å². The summed E-state index contributed by atoms with van der Waals surface area (Å²) in [5, 5.41) is 14.5. The molecule has 1 aliphatic rings. The van der Waals surface area contributed by atoms with Gasteiger partial charge < -0.3 is 24.5 Å². The quantitative estimate of drug-likeness (QED) is 0.363. The fourth-order valence-corrected chi connectivity index (χ4v) is 4.84. The molecule has 5 aromatic rings. The van der Waals surface area contributed by atoms with Crippen LogP contribution in [0.4, 0.5) is 0 Å². The molecule has 0 saturated heterocycles. The molecule has 0 aliphatic carbocycles. The topological polar surface area (TPSA) is 96.3 Å². The summed E-state index contributed by atoms with van der Waals surface area (Å²) in [4.78, 5) is 28.9. The first-order chi connectivity index (χ1) is 19.1. The molecule has 0 spiro atoms. The normalized spacial score (nSPS) is 13.3. The molecule has 0 saturated carbocycles. The lowest BCUT2D eigenvalue weighted by Crippen LogP contribution is -2.22. The van der Waals surface area contributed by atoms with Crippen LogP contribution in [0, 0.1) is 0 Å². The molecule has 1 N–H and O–H groups in total. The third-order valence-corrected chi connectivity index (χ3v) is 6.87. The van der Waals surface area contributed by atoms with Crippen LogP contribution in [0.25, 0.3) is 16.6 Å². The molecule has 4 aromatic carbocycles. The lowest BCUT2D eigenvalue weighted by Gasteiger charge is -2.13. The largest absolute Gasteiger partial charge is 0.545 e. The molecule has 192 valence electrons. The summed E-state index contributed by atoms with van der Waals surface area (Å²) in [6.45, 7) is 1.31. The summed E-state index contributed by atoms with van der Waals surface area (Å²) in [6.07, 6.45) is 3.79. The van der Waals surface area contributed by atoms with E-state index in [-0.39, 0.29) is 11.5 Å². The second kappa shape index (κ2) is 10.3. The van der Waals surface area contributed by atoms with Crippen LogP contribution in [0.1, 0.15) is 43.0 Å². The molecule has 0 radical (unpaired) electrons. The number of hydrogen-bond acceptors (Lipinski definition) is 5. The van der Waals surface area contributed by atoms with Crippen molar-refractivity contribution in [1.82, 2.24) is 14.9 Å². The van der Waals surface area contributed by atoms with E-state index in [0.717, 1.165) is 27.8 Å². The molecule has 0 bridgehead atoms. The standard InChI is InChI=1S/C32H25N3O4/c36-31(33-18-21-6-2-1-3-7-21)22-10-12-29-28(17-22)34-20-35(29)15-14-26-25-9-5-4-8-24(25)19-39-30-13-11-23(32(37)38)16-27(26)30/h1-14,16-17,20H,15,18-19H2,(H,33,36)(H,37,38)/p-1/b26-14+. The second-order valence-electron chi connectivity index (χ2n) is 9.33. The van der Waals surface area contributed by atoms with Gasteiger partial charge in [-0.25, -0.2) is 4.98 Å². The van der Waals surface area contributed by atoms with Crippen LogP contribution in [0.5, 0.6) is 5.75 Å². The molecule has 6 rings (SSSR count). The zero-order valence-electron chi connectivity index (χ0n) is 21.0. The smallest absolute Gasteiger partial charge is 0.251 e. The van der Waals surface area contributed by atoms with Crippen molar-refractivity contribution in [3.8, 4) is 5.75 Å². The predicted octanol–water partition coefficient (Wildman–Crippen LogP) is 4.35. The molecule has 7 heteroatoms. The molecule has 1 aliphatic heterocycles. The number of carbonyl (C=O) groups is 2. The molecule has 7 nitrogen and oxygen atoms in total. The average molecular weight is 515 g/mol. The summed E-state index contributed by atoms with van der Waals surface area (Å²) in [7, 11) is 0. The maximum Gasteiger partial charge on any atom is 0.251 e. The highest BCUT2D eigenvalue weighted by Gasteiger charge is 2.20. The van der Waals surface area contributed by atoms with Gasteiger partial charge in [-0.05, 0) is 64.2 Å². The summed E-state index contributed by atoms with van der Waals surface area (Å²) in [6, 6.07) is 27.9. The number of aromatic nitrogens is 2. The second-order valence-corrected chi connectivity index (χ2v) is 9.33. The Morgan fingerprint density at radius 2 is 1.72 bits per heavy atom. The highest BCUT2D eigenvalue weighted by atomic mass is 16.5. The minimum absolute atomic E-state index is 0.0915. The van der Waals surface area contributed by atoms with Crippen molar-refractivity contribution in [3.63, 3.8) is 0 Å². The fraction of sp³-hybridized carbons (Fsp3) is 0.0938. The number of ether oxygens (including phenoxy) is 1. The Labute approximate surface area is 225 Å². The van der Waals surface area contributed by atoms with E-state index in [9.17, 15) is 14.7 Å². The number of fused-ring (bicyclic) bond motifs is 3. The maximum atomic E-state index is 12.7. The van der Waals surface area contributed by atoms with E-state index in [1.807, 2.05) is 71.3 Å². The zero-order valence-corrected chi connectivity index (χ0v) is 21.0. The summed E-state index contributed by atoms with van der Waals surface area (Å²) >= 11 is 0. The van der Waals surface area contributed by atoms with Crippen LogP contribution in [-0.2, 0) is 19.7 Å². The Hall–Kier alpha value is -5.17. The van der Waals surface area contributed by atoms with E-state index in [1.54, 1.807) is 30.6 Å². The van der Waals surface area contributed by atoms with Crippen molar-refractivity contribution in [2.45, 2.75) is 19.7 Å². The molecule has 1 amide bonds. The van der Waals surface area contributed by atoms with Crippen molar-refractivity contribution in [2.75, 3.05) is 0 Å². The first-order valence-electron chi connectivity index (χ1n) is 12.6. The SMILES string of the molecule is O=C([O-])c1ccc2c(c1)/C(=C/Cn1cnc3cc(C(=O)NCc4ccccc4)ccc31)c1ccccc1CO2. The lowest BCUT2D eigenvalue weighted by molar-refractivity contribution is -0.255. The number of rotatable bonds is 6. The first-order valence-corrected chi connectivity index (χ1v) is 12.6. The van der Waals surface area contributed by atoms with Gasteiger partial charge in [-0.1, -0.05) is 60.7 Å². The summed E-state index contributed by atoms with van der Waals surface area (Å²) < 4.78 is 8.01. The van der Waals surface area contributed by atoms with E-state index < -0.39 is 5.97 Å². The Morgan fingerprint density at radius 1 is 0.923 bits per heavy atom. The van der Waals surface area contributed by atoms with Crippen molar-refractivity contribution >= 4 is 28.5 Å². The minimum atomic E-state index is -1.24. The minimum Gasteiger partial charge on any atom is -0.545 e. The summed E-state index contributed by atoms with van der Waals surface area (Å²) in [5.74, 6) is -0.782. The number of imidazole rings is 1. The summed E-state index contributed by atoms with van der Waals surface area (Å²) in [5.41, 5.74) is 6.82. The van der Waals surface area contributed by atoms with Gasteiger partial charge in [0.15, 0.2) is 0 Å². The molecule has 39 heavy (non-hydrogen) atoms. The van der Waals surface area contributed by atoms with Gasteiger partial charge in [-0.2, -0.15) is 0 Å². The molecular formula is C32H24N3O4-. The van der Waals surface area contributed by atoms with Gasteiger partial charge in [0.1, 0.15) is 12.4 Å². The van der Waals surface area contributed by atoms with E-state index in [1.165, 1.54) is 6.07 Å². The number of benzene rings is 4. The van der Waals surface area contributed by atoms with Crippen molar-refractivity contribution < 1.29 is 19.4 Å². The highest BCUT2D eigenvalue weighted by Crippen LogP contribution is 2.37. The third-order valence-electron chi connectivity index (χ3n) is 6.87. The fourth-order valence-electron chi connectivity index (χ4n) is 4.84. The molecular weight excluding hydrogens is 490 g/mol. The third kappa shape index (κ3) is 4.90. The number of carbonyl (C=O) groups excluding carboxylic acids is 2. The Morgan fingerprint density at radius 3 is 2.56 bits per heavy atom. The van der Waals surface area contributed by atoms with E-state index in [0.29, 0.717) is 42.1 Å². The van der Waals surface area contributed by atoms with E-state index in [2.05, 4.69) is 10.3 Å². The van der Waals surface area contributed by atoms with Gasteiger partial charge in [0, 0.05) is 24.2 Å². The monoisotopic (exact) mass is 514 g/mol. The number of amides is 1. The number of aromatic carboxylic acids is 1. The Balaban J connectivity index is 1.30. The number of nitrogens with one attached hydrogen (secondary N) is 1. The van der Waals surface area contributed by atoms with Crippen molar-refractivity contribution in [1.29, 1.82) is 0 Å². The zero-order chi connectivity index (χ0) is 26.8. The van der Waals surface area contributed by atoms with Gasteiger partial charge in [-0.15, -0.1) is 0 Å². The molecule has 1 aromatic heterocycles. The molecule has 0 fully saturated rings. The van der Waals surface area contributed by atoms with Crippen LogP contribution in [0.2, 0.25) is 0 Å². The molecule has 0 atom stereocenters. The molecule has 2 heterocycles. The Bertz CT molecular complexity index is 1740. The van der Waals surface area contributed by atoms with Crippen LogP contribution in [0.3, 0.4) is 0 Å². The van der Waals surface area contributed by atoms with Gasteiger partial charge in [0.05, 0.1) is 23.3 Å². The van der Waals surface area contributed by atoms with Gasteiger partial charge >= 0.3 is 0 Å². The van der Waals surface area contributed by atoms with Crippen molar-refractivity contribution in [3.05, 3.63) is 137 Å².